The van der Waals surface area contributed by atoms with Crippen molar-refractivity contribution in [2.24, 2.45) is 5.73 Å². The van der Waals surface area contributed by atoms with Crippen LogP contribution >= 0.6 is 12.2 Å². The van der Waals surface area contributed by atoms with Crippen LogP contribution in [0, 0.1) is 12.7 Å². The quantitative estimate of drug-likeness (QED) is 0.878. The smallest absolute Gasteiger partial charge is 0.261 e. The van der Waals surface area contributed by atoms with Crippen LogP contribution in [0.15, 0.2) is 35.1 Å². The number of nitrogens with zero attached hydrogens (tertiary/aromatic N) is 1. The van der Waals surface area contributed by atoms with E-state index in [1.165, 1.54) is 17.7 Å². The number of nitrogens with two attached hydrogens (primary N) is 1. The van der Waals surface area contributed by atoms with Crippen LogP contribution in [0.5, 0.6) is 5.75 Å². The summed E-state index contributed by atoms with van der Waals surface area (Å²) in [4.78, 5) is 12.4. The zero-order valence-corrected chi connectivity index (χ0v) is 12.5. The van der Waals surface area contributed by atoms with E-state index in [2.05, 4.69) is 0 Å². The number of benzene rings is 1. The first kappa shape index (κ1) is 15.2. The predicted octanol–water partition coefficient (Wildman–Crippen LogP) is 1.99. The maximum Gasteiger partial charge on any atom is 0.261 e. The summed E-state index contributed by atoms with van der Waals surface area (Å²) in [6.07, 6.45) is 0. The number of thiocarbonyl (C=S) groups is 1. The van der Waals surface area contributed by atoms with Crippen molar-refractivity contribution < 1.29 is 9.13 Å². The molecule has 21 heavy (non-hydrogen) atoms. The molecule has 110 valence electrons. The Morgan fingerprint density at radius 3 is 2.71 bits per heavy atom. The topological polar surface area (TPSA) is 57.2 Å². The minimum absolute atomic E-state index is 0.0277. The monoisotopic (exact) mass is 306 g/mol. The van der Waals surface area contributed by atoms with Crippen molar-refractivity contribution in [1.82, 2.24) is 4.57 Å². The highest BCUT2D eigenvalue weighted by Gasteiger charge is 2.13. The molecule has 1 aromatic carbocycles. The van der Waals surface area contributed by atoms with Gasteiger partial charge in [-0.05, 0) is 25.1 Å². The first-order chi connectivity index (χ1) is 9.95. The molecule has 0 unspecified atom stereocenters. The molecule has 0 spiro atoms. The molecule has 0 amide bonds. The van der Waals surface area contributed by atoms with Crippen molar-refractivity contribution in [3.05, 3.63) is 63.3 Å². The second-order valence-corrected chi connectivity index (χ2v) is 5.02. The van der Waals surface area contributed by atoms with E-state index in [1.807, 2.05) is 0 Å². The highest BCUT2D eigenvalue weighted by atomic mass is 32.1. The molecule has 0 saturated carbocycles. The van der Waals surface area contributed by atoms with Crippen LogP contribution in [0.25, 0.3) is 0 Å². The molecule has 0 aliphatic heterocycles. The van der Waals surface area contributed by atoms with Gasteiger partial charge in [0.05, 0.1) is 19.2 Å². The SMILES string of the molecule is COc1cccc(Cn2c(C)ccc(C(N)=S)c2=O)c1F. The van der Waals surface area contributed by atoms with Crippen molar-refractivity contribution >= 4 is 17.2 Å². The maximum atomic E-state index is 14.2. The molecular weight excluding hydrogens is 291 g/mol. The summed E-state index contributed by atoms with van der Waals surface area (Å²) >= 11 is 4.85. The Balaban J connectivity index is 2.52. The van der Waals surface area contributed by atoms with Crippen LogP contribution in [0.1, 0.15) is 16.8 Å². The molecule has 2 N–H and O–H groups in total. The summed E-state index contributed by atoms with van der Waals surface area (Å²) in [6, 6.07) is 8.12. The molecular formula is C15H15FN2O2S. The van der Waals surface area contributed by atoms with Gasteiger partial charge in [0.1, 0.15) is 4.99 Å². The van der Waals surface area contributed by atoms with Crippen LogP contribution in [-0.2, 0) is 6.54 Å². The van der Waals surface area contributed by atoms with E-state index in [0.29, 0.717) is 11.3 Å². The van der Waals surface area contributed by atoms with E-state index in [0.717, 1.165) is 0 Å². The van der Waals surface area contributed by atoms with E-state index in [9.17, 15) is 9.18 Å². The van der Waals surface area contributed by atoms with Crippen molar-refractivity contribution in [2.75, 3.05) is 7.11 Å². The normalized spacial score (nSPS) is 10.4. The van der Waals surface area contributed by atoms with Crippen LogP contribution in [0.4, 0.5) is 4.39 Å². The number of hydrogen-bond acceptors (Lipinski definition) is 3. The van der Waals surface area contributed by atoms with Gasteiger partial charge in [-0.2, -0.15) is 0 Å². The van der Waals surface area contributed by atoms with Gasteiger partial charge in [-0.1, -0.05) is 24.4 Å². The standard InChI is InChI=1S/C15H15FN2O2S/c1-9-6-7-11(14(17)21)15(19)18(9)8-10-4-3-5-12(20-2)13(10)16/h3-7H,8H2,1-2H3,(H2,17,21). The summed E-state index contributed by atoms with van der Waals surface area (Å²) in [5.41, 5.74) is 6.50. The number of rotatable bonds is 4. The van der Waals surface area contributed by atoms with E-state index >= 15 is 0 Å². The van der Waals surface area contributed by atoms with E-state index < -0.39 is 5.82 Å². The lowest BCUT2D eigenvalue weighted by molar-refractivity contribution is 0.383. The molecule has 0 aliphatic carbocycles. The first-order valence-electron chi connectivity index (χ1n) is 6.27. The zero-order valence-electron chi connectivity index (χ0n) is 11.7. The number of ether oxygens (including phenoxy) is 1. The van der Waals surface area contributed by atoms with Crippen LogP contribution in [0.2, 0.25) is 0 Å². The Labute approximate surface area is 127 Å². The summed E-state index contributed by atoms with van der Waals surface area (Å²) in [5, 5.41) is 0. The minimum Gasteiger partial charge on any atom is -0.494 e. The number of methoxy groups -OCH3 is 1. The highest BCUT2D eigenvalue weighted by Crippen LogP contribution is 2.20. The van der Waals surface area contributed by atoms with Crippen LogP contribution in [-0.4, -0.2) is 16.7 Å². The molecule has 0 aliphatic rings. The molecule has 0 saturated heterocycles. The van der Waals surface area contributed by atoms with Crippen molar-refractivity contribution in [2.45, 2.75) is 13.5 Å². The van der Waals surface area contributed by atoms with E-state index in [-0.39, 0.29) is 28.4 Å². The molecule has 0 fully saturated rings. The summed E-state index contributed by atoms with van der Waals surface area (Å²) in [5.74, 6) is -0.337. The number of halogens is 1. The molecule has 0 radical (unpaired) electrons. The number of aromatic nitrogens is 1. The Hall–Kier alpha value is -2.21. The molecule has 2 rings (SSSR count). The van der Waals surface area contributed by atoms with Crippen molar-refractivity contribution in [3.63, 3.8) is 0 Å². The summed E-state index contributed by atoms with van der Waals surface area (Å²) in [7, 11) is 1.40. The second-order valence-electron chi connectivity index (χ2n) is 4.58. The maximum absolute atomic E-state index is 14.2. The number of aryl methyl sites for hydroxylation is 1. The van der Waals surface area contributed by atoms with Crippen molar-refractivity contribution in [1.29, 1.82) is 0 Å². The summed E-state index contributed by atoms with van der Waals surface area (Å²) in [6.45, 7) is 1.85. The fourth-order valence-corrected chi connectivity index (χ4v) is 2.22. The second kappa shape index (κ2) is 6.05. The molecule has 0 bridgehead atoms. The third-order valence-electron chi connectivity index (χ3n) is 3.25. The van der Waals surface area contributed by atoms with Gasteiger partial charge in [-0.25, -0.2) is 4.39 Å². The average molecular weight is 306 g/mol. The zero-order chi connectivity index (χ0) is 15.6. The number of pyridine rings is 1. The minimum atomic E-state index is -0.480. The van der Waals surface area contributed by atoms with Crippen LogP contribution < -0.4 is 16.0 Å². The third-order valence-corrected chi connectivity index (χ3v) is 3.47. The van der Waals surface area contributed by atoms with Gasteiger partial charge in [0.2, 0.25) is 0 Å². The van der Waals surface area contributed by atoms with Crippen molar-refractivity contribution in [3.8, 4) is 5.75 Å². The van der Waals surface area contributed by atoms with E-state index in [4.69, 9.17) is 22.7 Å². The third kappa shape index (κ3) is 2.95. The molecule has 4 nitrogen and oxygen atoms in total. The highest BCUT2D eigenvalue weighted by molar-refractivity contribution is 7.80. The van der Waals surface area contributed by atoms with Gasteiger partial charge < -0.3 is 15.0 Å². The Bertz CT molecular complexity index is 756. The Kier molecular flexibility index (Phi) is 4.37. The Morgan fingerprint density at radius 2 is 2.10 bits per heavy atom. The molecule has 0 atom stereocenters. The lowest BCUT2D eigenvalue weighted by Crippen LogP contribution is -2.30. The largest absolute Gasteiger partial charge is 0.494 e. The lowest BCUT2D eigenvalue weighted by Gasteiger charge is -2.13. The summed E-state index contributed by atoms with van der Waals surface area (Å²) < 4.78 is 20.6. The van der Waals surface area contributed by atoms with Gasteiger partial charge >= 0.3 is 0 Å². The van der Waals surface area contributed by atoms with Gasteiger partial charge in [0, 0.05) is 11.3 Å². The first-order valence-corrected chi connectivity index (χ1v) is 6.68. The Morgan fingerprint density at radius 1 is 1.38 bits per heavy atom. The lowest BCUT2D eigenvalue weighted by atomic mass is 10.1. The molecule has 1 heterocycles. The van der Waals surface area contributed by atoms with E-state index in [1.54, 1.807) is 31.2 Å². The molecule has 6 heteroatoms. The fourth-order valence-electron chi connectivity index (χ4n) is 2.06. The van der Waals surface area contributed by atoms with Gasteiger partial charge in [0.15, 0.2) is 11.6 Å². The molecule has 2 aromatic rings. The average Bonchev–Trinajstić information content (AvgIpc) is 2.44. The van der Waals surface area contributed by atoms with Gasteiger partial charge in [-0.3, -0.25) is 4.79 Å². The van der Waals surface area contributed by atoms with Crippen LogP contribution in [0.3, 0.4) is 0 Å². The molecule has 1 aromatic heterocycles. The van der Waals surface area contributed by atoms with Gasteiger partial charge in [-0.15, -0.1) is 0 Å². The number of hydrogen-bond donors (Lipinski definition) is 1. The van der Waals surface area contributed by atoms with Gasteiger partial charge in [0.25, 0.3) is 5.56 Å². The predicted molar refractivity (Wildman–Crippen MR) is 83.4 cm³/mol. The fraction of sp³-hybridized carbons (Fsp3) is 0.200.